The van der Waals surface area contributed by atoms with Crippen molar-refractivity contribution in [3.8, 4) is 0 Å². The maximum absolute atomic E-state index is 12.8. The van der Waals surface area contributed by atoms with Gasteiger partial charge in [-0.15, -0.1) is 0 Å². The highest BCUT2D eigenvalue weighted by Gasteiger charge is 2.43. The lowest BCUT2D eigenvalue weighted by Gasteiger charge is -2.47. The molecule has 32 heteroatoms. The zero-order valence-corrected chi connectivity index (χ0v) is 75.4. The number of methoxy groups -OCH3 is 1. The molecule has 10 aliphatic rings. The van der Waals surface area contributed by atoms with E-state index in [2.05, 4.69) is 186 Å². The molecule has 670 valence electrons. The molecule has 28 nitrogen and oxygen atoms in total. The number of hydrogen-bond acceptors (Lipinski definition) is 22. The van der Waals surface area contributed by atoms with Crippen molar-refractivity contribution in [1.82, 2.24) is 70.7 Å². The molecule has 117 heavy (non-hydrogen) atoms. The number of imide groups is 1. The SMILES string of the molecule is CC(C)(C)N1CC(CNC(=O)C2CCC(O)CC2)C1.CC(C)(C)N1CC(CNC(=O)C2CCCO2)C1.CC(C)(C)N1CC(CNC(=O)CN2C(=O)CSC2=O)C1.CC(C)(C)N1CC(CNC(=O)[C@@H]2CCC(=O)C2)C1.COCCOCCOCC(=O)CCC1CN(C(C)(C)C)C1.Cn1cc(C(=O)NCC2CN(C(C)(C)C)C2)c(C(F)(F)F)n1. The molecule has 6 N–H and O–H groups in total. The summed E-state index contributed by atoms with van der Waals surface area (Å²) in [4.78, 5) is 120. The van der Waals surface area contributed by atoms with Crippen LogP contribution in [0.4, 0.5) is 18.0 Å². The molecule has 0 bridgehead atoms. The highest BCUT2D eigenvalue weighted by molar-refractivity contribution is 8.14. The second kappa shape index (κ2) is 45.2. The number of aliphatic hydroxyl groups excluding tert-OH is 1. The Balaban J connectivity index is 0.000000218. The standard InChI is InChI=1S/C16H31NO4.C15H28N2O2.C14H21F3N4O.C14H24N2O2.C13H21N3O3S.C13H24N2O2/c1-16(2,3)17-11-14(12-17)5-6-15(18)13-21-10-9-20-8-7-19-4;1-15(2,3)17-9-11(10-17)8-16-14(19)12-4-6-13(18)7-5-12;1-13(2,3)21-6-9(7-21)5-18-12(22)10-8-20(4)19-11(10)14(15,16)17;1-14(2,3)16-8-10(9-16)7-15-13(18)11-4-5-12(17)6-11;1-13(2,3)15-5-9(6-15)4-14-10(17)7-16-11(18)8-20-12(16)19;1-13(2,3)15-8-10(9-15)7-14-12(16)11-5-4-6-17-11/h14H,5-13H2,1-4H3;11-13,18H,4-10H2,1-3H3,(H,16,19);8-9H,5-7H2,1-4H3,(H,18,22);10-11H,4-9H2,1-3H3,(H,15,18);9H,4-8H2,1-3H3,(H,14,17);10-11H,4-9H2,1-3H3,(H,14,16)/t;;;11-;;/m...1../s1. The molecule has 1 aromatic heterocycles. The zero-order chi connectivity index (χ0) is 87.2. The van der Waals surface area contributed by atoms with E-state index in [9.17, 15) is 61.4 Å². The van der Waals surface area contributed by atoms with Crippen molar-refractivity contribution in [2.75, 3.05) is 170 Å². The van der Waals surface area contributed by atoms with Gasteiger partial charge in [0, 0.05) is 232 Å². The number of aliphatic hydroxyl groups is 1. The van der Waals surface area contributed by atoms with Gasteiger partial charge in [-0.1, -0.05) is 11.8 Å². The summed E-state index contributed by atoms with van der Waals surface area (Å²) in [7, 11) is 3.00. The lowest BCUT2D eigenvalue weighted by atomic mass is 9.86. The van der Waals surface area contributed by atoms with Gasteiger partial charge in [-0.25, -0.2) is 0 Å². The number of aromatic nitrogens is 2. The summed E-state index contributed by atoms with van der Waals surface area (Å²) in [6.07, 6.45) is 4.61. The van der Waals surface area contributed by atoms with E-state index in [-0.39, 0.29) is 128 Å². The average Bonchev–Trinajstić information content (AvgIpc) is 1.71. The topological polar surface area (TPSA) is 311 Å². The van der Waals surface area contributed by atoms with Gasteiger partial charge in [0.05, 0.1) is 43.8 Å². The van der Waals surface area contributed by atoms with Crippen LogP contribution in [0, 0.1) is 47.3 Å². The minimum absolute atomic E-state index is 0.0590. The number of nitrogens with zero attached hydrogens (tertiary/aromatic N) is 9. The number of likely N-dealkylation sites (tertiary alicyclic amines) is 6. The van der Waals surface area contributed by atoms with Crippen LogP contribution in [0.5, 0.6) is 0 Å². The van der Waals surface area contributed by atoms with Crippen LogP contribution in [0.1, 0.15) is 211 Å². The summed E-state index contributed by atoms with van der Waals surface area (Å²) in [6, 6.07) is 0. The molecule has 1 aromatic rings. The summed E-state index contributed by atoms with van der Waals surface area (Å²) in [5, 5.41) is 26.9. The third kappa shape index (κ3) is 34.5. The number of amides is 7. The Labute approximate surface area is 700 Å². The van der Waals surface area contributed by atoms with Gasteiger partial charge in [-0.3, -0.25) is 82.1 Å². The van der Waals surface area contributed by atoms with Gasteiger partial charge >= 0.3 is 6.18 Å². The summed E-state index contributed by atoms with van der Waals surface area (Å²) in [6.45, 7) is 58.2. The quantitative estimate of drug-likeness (QED) is 0.0458. The molecule has 11 rings (SSSR count). The number of carbonyl (C=O) groups is 9. The van der Waals surface area contributed by atoms with Crippen molar-refractivity contribution in [3.05, 3.63) is 17.5 Å². The normalized spacial score (nSPS) is 22.7. The maximum atomic E-state index is 12.8. The van der Waals surface area contributed by atoms with Crippen molar-refractivity contribution in [2.24, 2.45) is 54.4 Å². The zero-order valence-electron chi connectivity index (χ0n) is 74.6. The minimum atomic E-state index is -4.63. The number of Topliss-reactive ketones (excluding diaryl/α,β-unsaturated/α-hetero) is 2. The van der Waals surface area contributed by atoms with Crippen LogP contribution >= 0.6 is 11.8 Å². The van der Waals surface area contributed by atoms with E-state index in [1.54, 1.807) is 7.11 Å². The first-order valence-corrected chi connectivity index (χ1v) is 43.8. The number of ether oxygens (including phenoxy) is 4. The van der Waals surface area contributed by atoms with Gasteiger partial charge in [-0.2, -0.15) is 18.3 Å². The Morgan fingerprint density at radius 2 is 0.940 bits per heavy atom. The first-order valence-electron chi connectivity index (χ1n) is 42.8. The summed E-state index contributed by atoms with van der Waals surface area (Å²) in [5.74, 6) is 2.93. The van der Waals surface area contributed by atoms with Crippen LogP contribution in [0.3, 0.4) is 0 Å². The highest BCUT2D eigenvalue weighted by Crippen LogP contribution is 2.34. The van der Waals surface area contributed by atoms with Gasteiger partial charge in [0.1, 0.15) is 25.0 Å². The molecule has 0 aromatic carbocycles. The number of hydrogen-bond donors (Lipinski definition) is 6. The van der Waals surface area contributed by atoms with E-state index >= 15 is 0 Å². The molecule has 7 amide bonds. The van der Waals surface area contributed by atoms with Crippen molar-refractivity contribution in [1.29, 1.82) is 0 Å². The number of alkyl halides is 3. The fourth-order valence-corrected chi connectivity index (χ4v) is 15.7. The fourth-order valence-electron chi connectivity index (χ4n) is 15.0. The first kappa shape index (κ1) is 101. The molecule has 0 radical (unpaired) electrons. The molecule has 10 fully saturated rings. The molecule has 2 aliphatic carbocycles. The van der Waals surface area contributed by atoms with Gasteiger partial charge in [0.15, 0.2) is 11.5 Å². The molecule has 8 aliphatic heterocycles. The Morgan fingerprint density at radius 1 is 0.530 bits per heavy atom. The predicted octanol–water partition coefficient (Wildman–Crippen LogP) is 7.77. The Hall–Kier alpha value is -5.26. The number of nitrogens with one attached hydrogen (secondary N) is 5. The lowest BCUT2D eigenvalue weighted by Crippen LogP contribution is -2.58. The van der Waals surface area contributed by atoms with E-state index in [0.29, 0.717) is 88.4 Å². The smallest absolute Gasteiger partial charge is 0.393 e. The fraction of sp³-hybridized carbons (Fsp3) is 0.859. The number of ketones is 2. The van der Waals surface area contributed by atoms with Gasteiger partial charge in [0.25, 0.3) is 11.1 Å². The second-order valence-electron chi connectivity index (χ2n) is 39.7. The van der Waals surface area contributed by atoms with Gasteiger partial charge < -0.3 is 50.6 Å². The number of thioether (sulfide) groups is 1. The highest BCUT2D eigenvalue weighted by atomic mass is 32.2. The second-order valence-corrected chi connectivity index (χ2v) is 40.6. The van der Waals surface area contributed by atoms with E-state index in [4.69, 9.17) is 18.9 Å². The van der Waals surface area contributed by atoms with Crippen LogP contribution in [0.2, 0.25) is 0 Å². The van der Waals surface area contributed by atoms with Gasteiger partial charge in [0.2, 0.25) is 29.5 Å². The van der Waals surface area contributed by atoms with Crippen molar-refractivity contribution in [3.63, 3.8) is 0 Å². The molecule has 2 saturated carbocycles. The number of rotatable bonds is 27. The summed E-state index contributed by atoms with van der Waals surface area (Å²) in [5.41, 5.74) is -0.321. The Morgan fingerprint density at radius 3 is 1.33 bits per heavy atom. The molecule has 9 heterocycles. The van der Waals surface area contributed by atoms with E-state index in [1.807, 2.05) is 0 Å². The van der Waals surface area contributed by atoms with E-state index in [1.165, 1.54) is 7.05 Å². The number of carbonyl (C=O) groups excluding carboxylic acids is 9. The van der Waals surface area contributed by atoms with Crippen LogP contribution < -0.4 is 26.6 Å². The average molecular weight is 1680 g/mol. The van der Waals surface area contributed by atoms with Crippen molar-refractivity contribution < 1.29 is 80.4 Å². The molecule has 8 saturated heterocycles. The van der Waals surface area contributed by atoms with E-state index < -0.39 is 23.3 Å². The molecular weight excluding hydrogens is 1530 g/mol. The monoisotopic (exact) mass is 1680 g/mol. The summed E-state index contributed by atoms with van der Waals surface area (Å²) < 4.78 is 60.2. The third-order valence-electron chi connectivity index (χ3n) is 23.6. The van der Waals surface area contributed by atoms with Crippen LogP contribution in [-0.4, -0.2) is 317 Å². The molecular formula is C85H149F3N14O14S. The third-order valence-corrected chi connectivity index (χ3v) is 24.4. The van der Waals surface area contributed by atoms with Crippen LogP contribution in [0.15, 0.2) is 6.20 Å². The predicted molar refractivity (Wildman–Crippen MR) is 448 cm³/mol. The van der Waals surface area contributed by atoms with Gasteiger partial charge in [-0.05, 0) is 182 Å². The first-order chi connectivity index (χ1) is 54.4. The Bertz CT molecular complexity index is 3300. The maximum Gasteiger partial charge on any atom is 0.435 e. The van der Waals surface area contributed by atoms with Crippen molar-refractivity contribution in [2.45, 2.75) is 247 Å². The number of halogens is 3. The van der Waals surface area contributed by atoms with Crippen LogP contribution in [-0.2, 0) is 65.7 Å². The summed E-state index contributed by atoms with van der Waals surface area (Å²) >= 11 is 0.949. The lowest BCUT2D eigenvalue weighted by molar-refractivity contribution is -0.142. The number of aryl methyl sites for hydroxylation is 1. The molecule has 1 unspecified atom stereocenters. The largest absolute Gasteiger partial charge is 0.435 e. The van der Waals surface area contributed by atoms with E-state index in [0.717, 1.165) is 184 Å². The molecule has 2 atom stereocenters. The van der Waals surface area contributed by atoms with Crippen LogP contribution in [0.25, 0.3) is 0 Å². The van der Waals surface area contributed by atoms with Crippen molar-refractivity contribution >= 4 is 64.0 Å². The Kier molecular flexibility index (Phi) is 38.9. The minimum Gasteiger partial charge on any atom is -0.393 e. The molecule has 0 spiro atoms.